The molecule has 0 bridgehead atoms. The van der Waals surface area contributed by atoms with Gasteiger partial charge in [0.25, 0.3) is 5.56 Å². The summed E-state index contributed by atoms with van der Waals surface area (Å²) in [5.74, 6) is -0.611. The van der Waals surface area contributed by atoms with Crippen molar-refractivity contribution < 1.29 is 14.3 Å². The van der Waals surface area contributed by atoms with E-state index in [-0.39, 0.29) is 5.52 Å². The molecular weight excluding hydrogens is 264 g/mol. The van der Waals surface area contributed by atoms with Crippen molar-refractivity contribution in [3.05, 3.63) is 41.1 Å². The summed E-state index contributed by atoms with van der Waals surface area (Å²) in [6, 6.07) is 3.92. The van der Waals surface area contributed by atoms with Crippen LogP contribution in [-0.2, 0) is 4.79 Å². The third-order valence-corrected chi connectivity index (χ3v) is 2.95. The maximum Gasteiger partial charge on any atom is 0.328 e. The lowest BCUT2D eigenvalue weighted by Crippen LogP contribution is -2.31. The first-order valence-corrected chi connectivity index (χ1v) is 5.82. The number of carbonyl (C=O) groups is 1. The summed E-state index contributed by atoms with van der Waals surface area (Å²) in [6.07, 6.45) is 2.80. The minimum atomic E-state index is -1.13. The number of carboxylic acids is 1. The Morgan fingerprint density at radius 3 is 2.95 bits per heavy atom. The highest BCUT2D eigenvalue weighted by Crippen LogP contribution is 2.18. The second kappa shape index (κ2) is 4.34. The van der Waals surface area contributed by atoms with Crippen LogP contribution in [0.1, 0.15) is 13.0 Å². The molecule has 0 fully saturated rings. The molecule has 8 heteroatoms. The fourth-order valence-corrected chi connectivity index (χ4v) is 1.84. The molecule has 3 heterocycles. The van der Waals surface area contributed by atoms with Crippen molar-refractivity contribution in [3.8, 4) is 11.5 Å². The molecule has 0 aliphatic rings. The van der Waals surface area contributed by atoms with Crippen LogP contribution in [0.5, 0.6) is 0 Å². The Bertz CT molecular complexity index is 831. The van der Waals surface area contributed by atoms with Gasteiger partial charge in [-0.25, -0.2) is 14.0 Å². The van der Waals surface area contributed by atoms with Gasteiger partial charge in [-0.2, -0.15) is 10.2 Å². The van der Waals surface area contributed by atoms with E-state index in [0.29, 0.717) is 11.5 Å². The van der Waals surface area contributed by atoms with Crippen molar-refractivity contribution in [2.24, 2.45) is 0 Å². The molecule has 0 radical (unpaired) electrons. The van der Waals surface area contributed by atoms with E-state index in [1.807, 2.05) is 0 Å². The minimum Gasteiger partial charge on any atom is -0.480 e. The molecule has 20 heavy (non-hydrogen) atoms. The summed E-state index contributed by atoms with van der Waals surface area (Å²) in [5, 5.41) is 16.9. The number of aliphatic carboxylic acids is 1. The summed E-state index contributed by atoms with van der Waals surface area (Å²) >= 11 is 0. The molecule has 1 N–H and O–H groups in total. The van der Waals surface area contributed by atoms with E-state index in [2.05, 4.69) is 10.2 Å². The van der Waals surface area contributed by atoms with E-state index >= 15 is 0 Å². The molecule has 3 aromatic rings. The number of nitrogens with zero attached hydrogens (tertiary/aromatic N) is 4. The molecule has 3 rings (SSSR count). The average molecular weight is 274 g/mol. The Morgan fingerprint density at radius 2 is 2.30 bits per heavy atom. The smallest absolute Gasteiger partial charge is 0.328 e. The zero-order chi connectivity index (χ0) is 14.3. The fourth-order valence-electron chi connectivity index (χ4n) is 1.84. The van der Waals surface area contributed by atoms with Crippen LogP contribution in [0.2, 0.25) is 0 Å². The normalized spacial score (nSPS) is 12.7. The Morgan fingerprint density at radius 1 is 1.50 bits per heavy atom. The number of hydrogen-bond acceptors (Lipinski definition) is 5. The van der Waals surface area contributed by atoms with Gasteiger partial charge in [0.15, 0.2) is 11.8 Å². The van der Waals surface area contributed by atoms with E-state index < -0.39 is 17.6 Å². The van der Waals surface area contributed by atoms with Crippen LogP contribution in [0.15, 0.2) is 40.0 Å². The number of fused-ring (bicyclic) bond motifs is 1. The fraction of sp³-hybridized carbons (Fsp3) is 0.167. The van der Waals surface area contributed by atoms with Gasteiger partial charge >= 0.3 is 5.97 Å². The zero-order valence-electron chi connectivity index (χ0n) is 10.4. The van der Waals surface area contributed by atoms with Crippen molar-refractivity contribution in [1.29, 1.82) is 0 Å². The molecule has 0 saturated carbocycles. The summed E-state index contributed by atoms with van der Waals surface area (Å²) in [5.41, 5.74) is 0.196. The third kappa shape index (κ3) is 1.78. The van der Waals surface area contributed by atoms with Crippen LogP contribution in [-0.4, -0.2) is 30.5 Å². The van der Waals surface area contributed by atoms with E-state index in [0.717, 1.165) is 4.68 Å². The van der Waals surface area contributed by atoms with Gasteiger partial charge in [0.05, 0.1) is 6.26 Å². The predicted molar refractivity (Wildman–Crippen MR) is 67.3 cm³/mol. The zero-order valence-corrected chi connectivity index (χ0v) is 10.4. The second-order valence-electron chi connectivity index (χ2n) is 4.23. The van der Waals surface area contributed by atoms with Crippen LogP contribution in [0.3, 0.4) is 0 Å². The van der Waals surface area contributed by atoms with Gasteiger partial charge in [-0.3, -0.25) is 4.79 Å². The standard InChI is InChI=1S/C12H10N4O4/c1-7(12(18)19)16-11(17)9-5-8(10-3-2-4-20-10)14-15(9)6-13-16/h2-7H,1H3,(H,18,19). The molecule has 3 aromatic heterocycles. The lowest BCUT2D eigenvalue weighted by molar-refractivity contribution is -0.140. The molecule has 102 valence electrons. The molecule has 0 aliphatic carbocycles. The highest BCUT2D eigenvalue weighted by atomic mass is 16.4. The van der Waals surface area contributed by atoms with Crippen molar-refractivity contribution >= 4 is 11.5 Å². The molecule has 1 atom stereocenters. The average Bonchev–Trinajstić information content (AvgIpc) is 3.07. The van der Waals surface area contributed by atoms with Crippen LogP contribution in [0.25, 0.3) is 17.0 Å². The lowest BCUT2D eigenvalue weighted by Gasteiger charge is -2.08. The van der Waals surface area contributed by atoms with Gasteiger partial charge in [-0.1, -0.05) is 0 Å². The molecular formula is C12H10N4O4. The van der Waals surface area contributed by atoms with Crippen LogP contribution in [0.4, 0.5) is 0 Å². The summed E-state index contributed by atoms with van der Waals surface area (Å²) in [4.78, 5) is 23.1. The number of carboxylic acid groups (broad SMARTS) is 1. The lowest BCUT2D eigenvalue weighted by atomic mass is 10.3. The Balaban J connectivity index is 2.19. The molecule has 0 saturated heterocycles. The molecule has 0 aromatic carbocycles. The number of furan rings is 1. The molecule has 0 aliphatic heterocycles. The molecule has 0 spiro atoms. The summed E-state index contributed by atoms with van der Waals surface area (Å²) < 4.78 is 7.41. The SMILES string of the molecule is CC(C(=O)O)n1ncn2nc(-c3ccco3)cc2c1=O. The Labute approximate surface area is 111 Å². The molecule has 0 amide bonds. The number of aromatic nitrogens is 4. The summed E-state index contributed by atoms with van der Waals surface area (Å²) in [6.45, 7) is 1.39. The van der Waals surface area contributed by atoms with Gasteiger partial charge < -0.3 is 9.52 Å². The first-order chi connectivity index (χ1) is 9.58. The largest absolute Gasteiger partial charge is 0.480 e. The number of hydrogen-bond donors (Lipinski definition) is 1. The maximum absolute atomic E-state index is 12.2. The predicted octanol–water partition coefficient (Wildman–Crippen LogP) is 0.797. The monoisotopic (exact) mass is 274 g/mol. The van der Waals surface area contributed by atoms with E-state index in [9.17, 15) is 9.59 Å². The first kappa shape index (κ1) is 12.2. The first-order valence-electron chi connectivity index (χ1n) is 5.82. The van der Waals surface area contributed by atoms with Crippen LogP contribution in [0, 0.1) is 0 Å². The van der Waals surface area contributed by atoms with Crippen molar-refractivity contribution in [2.75, 3.05) is 0 Å². The maximum atomic E-state index is 12.2. The molecule has 1 unspecified atom stereocenters. The Kier molecular flexibility index (Phi) is 2.63. The van der Waals surface area contributed by atoms with Crippen LogP contribution < -0.4 is 5.56 Å². The molecule has 8 nitrogen and oxygen atoms in total. The van der Waals surface area contributed by atoms with Crippen molar-refractivity contribution in [2.45, 2.75) is 13.0 Å². The third-order valence-electron chi connectivity index (χ3n) is 2.95. The van der Waals surface area contributed by atoms with E-state index in [1.54, 1.807) is 12.1 Å². The number of rotatable bonds is 3. The summed E-state index contributed by atoms with van der Waals surface area (Å²) in [7, 11) is 0. The van der Waals surface area contributed by atoms with E-state index in [1.165, 1.54) is 30.1 Å². The van der Waals surface area contributed by atoms with Crippen molar-refractivity contribution in [1.82, 2.24) is 19.4 Å². The van der Waals surface area contributed by atoms with Gasteiger partial charge in [0.2, 0.25) is 0 Å². The minimum absolute atomic E-state index is 0.236. The van der Waals surface area contributed by atoms with Gasteiger partial charge in [0, 0.05) is 6.07 Å². The highest BCUT2D eigenvalue weighted by Gasteiger charge is 2.18. The van der Waals surface area contributed by atoms with Crippen LogP contribution >= 0.6 is 0 Å². The van der Waals surface area contributed by atoms with Gasteiger partial charge in [0.1, 0.15) is 17.5 Å². The van der Waals surface area contributed by atoms with Gasteiger partial charge in [-0.05, 0) is 19.1 Å². The van der Waals surface area contributed by atoms with Crippen molar-refractivity contribution in [3.63, 3.8) is 0 Å². The van der Waals surface area contributed by atoms with E-state index in [4.69, 9.17) is 9.52 Å². The second-order valence-corrected chi connectivity index (χ2v) is 4.23. The highest BCUT2D eigenvalue weighted by molar-refractivity contribution is 5.71. The van der Waals surface area contributed by atoms with Gasteiger partial charge in [-0.15, -0.1) is 0 Å². The quantitative estimate of drug-likeness (QED) is 0.757. The Hall–Kier alpha value is -2.90. The topological polar surface area (TPSA) is 103 Å².